The zero-order valence-electron chi connectivity index (χ0n) is 12.2. The van der Waals surface area contributed by atoms with Gasteiger partial charge in [0.15, 0.2) is 0 Å². The van der Waals surface area contributed by atoms with Crippen molar-refractivity contribution in [3.63, 3.8) is 0 Å². The second-order valence-electron chi connectivity index (χ2n) is 4.81. The van der Waals surface area contributed by atoms with Crippen molar-refractivity contribution in [2.45, 2.75) is 19.6 Å². The lowest BCUT2D eigenvalue weighted by atomic mass is 10.1. The van der Waals surface area contributed by atoms with Crippen molar-refractivity contribution in [1.82, 2.24) is 10.2 Å². The second kappa shape index (κ2) is 8.24. The molecule has 0 aromatic heterocycles. The molecule has 0 fully saturated rings. The van der Waals surface area contributed by atoms with Crippen LogP contribution in [0.5, 0.6) is 0 Å². The number of rotatable bonds is 5. The summed E-state index contributed by atoms with van der Waals surface area (Å²) in [5, 5.41) is 2.88. The van der Waals surface area contributed by atoms with Gasteiger partial charge in [0, 0.05) is 26.1 Å². The fourth-order valence-electron chi connectivity index (χ4n) is 2.04. The highest BCUT2D eigenvalue weighted by atomic mass is 35.5. The number of amides is 1. The molecule has 1 unspecified atom stereocenters. The van der Waals surface area contributed by atoms with Crippen LogP contribution in [0.25, 0.3) is 0 Å². The zero-order valence-corrected chi connectivity index (χ0v) is 13.0. The molecule has 0 saturated carbocycles. The van der Waals surface area contributed by atoms with E-state index in [9.17, 15) is 18.0 Å². The van der Waals surface area contributed by atoms with Crippen LogP contribution in [0.4, 0.5) is 13.2 Å². The number of hydrogen-bond donors (Lipinski definition) is 1. The molecule has 0 bridgehead atoms. The highest BCUT2D eigenvalue weighted by Gasteiger charge is 2.33. The highest BCUT2D eigenvalue weighted by Crippen LogP contribution is 2.32. The Balaban J connectivity index is 0.00000400. The number of halogens is 4. The first-order chi connectivity index (χ1) is 9.27. The standard InChI is InChI=1S/C14H19F3N2O.ClH/c1-10(8-18-2)13(20)19(3)9-11-6-4-5-7-12(11)14(15,16)17;/h4-7,10,18H,8-9H2,1-3H3;1H. The van der Waals surface area contributed by atoms with E-state index < -0.39 is 11.7 Å². The number of carbonyl (C=O) groups is 1. The van der Waals surface area contributed by atoms with Crippen LogP contribution in [0, 0.1) is 5.92 Å². The average Bonchev–Trinajstić information content (AvgIpc) is 2.37. The third kappa shape index (κ3) is 5.55. The van der Waals surface area contributed by atoms with Gasteiger partial charge in [0.2, 0.25) is 5.91 Å². The first-order valence-corrected chi connectivity index (χ1v) is 6.32. The molecule has 0 saturated heterocycles. The van der Waals surface area contributed by atoms with Crippen molar-refractivity contribution in [2.75, 3.05) is 20.6 Å². The number of nitrogens with zero attached hydrogens (tertiary/aromatic N) is 1. The van der Waals surface area contributed by atoms with Gasteiger partial charge >= 0.3 is 6.18 Å². The average molecular weight is 325 g/mol. The molecule has 0 aliphatic heterocycles. The van der Waals surface area contributed by atoms with Crippen molar-refractivity contribution >= 4 is 18.3 Å². The maximum atomic E-state index is 12.9. The van der Waals surface area contributed by atoms with Crippen molar-refractivity contribution in [1.29, 1.82) is 0 Å². The van der Waals surface area contributed by atoms with Crippen LogP contribution in [0.2, 0.25) is 0 Å². The topological polar surface area (TPSA) is 32.3 Å². The highest BCUT2D eigenvalue weighted by molar-refractivity contribution is 5.85. The summed E-state index contributed by atoms with van der Waals surface area (Å²) in [6.07, 6.45) is -4.41. The number of carbonyl (C=O) groups excluding carboxylic acids is 1. The third-order valence-corrected chi connectivity index (χ3v) is 3.04. The van der Waals surface area contributed by atoms with Crippen molar-refractivity contribution in [2.24, 2.45) is 5.92 Å². The SMILES string of the molecule is CNCC(C)C(=O)N(C)Cc1ccccc1C(F)(F)F.Cl. The van der Waals surface area contributed by atoms with Gasteiger partial charge in [0.25, 0.3) is 0 Å². The van der Waals surface area contributed by atoms with Crippen molar-refractivity contribution in [3.05, 3.63) is 35.4 Å². The second-order valence-corrected chi connectivity index (χ2v) is 4.81. The molecule has 1 aromatic carbocycles. The Morgan fingerprint density at radius 1 is 1.33 bits per heavy atom. The molecule has 1 amide bonds. The maximum Gasteiger partial charge on any atom is 0.416 e. The van der Waals surface area contributed by atoms with Gasteiger partial charge < -0.3 is 10.2 Å². The van der Waals surface area contributed by atoms with Gasteiger partial charge in [-0.15, -0.1) is 12.4 Å². The Morgan fingerprint density at radius 2 is 1.90 bits per heavy atom. The minimum absolute atomic E-state index is 0. The molecule has 0 heterocycles. The summed E-state index contributed by atoms with van der Waals surface area (Å²) >= 11 is 0. The van der Waals surface area contributed by atoms with Crippen LogP contribution in [-0.4, -0.2) is 31.4 Å². The quantitative estimate of drug-likeness (QED) is 0.903. The zero-order chi connectivity index (χ0) is 15.3. The predicted molar refractivity (Wildman–Crippen MR) is 78.3 cm³/mol. The fourth-order valence-corrected chi connectivity index (χ4v) is 2.04. The molecular weight excluding hydrogens is 305 g/mol. The van der Waals surface area contributed by atoms with E-state index in [4.69, 9.17) is 0 Å². The largest absolute Gasteiger partial charge is 0.416 e. The van der Waals surface area contributed by atoms with E-state index in [1.54, 1.807) is 20.0 Å². The Morgan fingerprint density at radius 3 is 2.43 bits per heavy atom. The summed E-state index contributed by atoms with van der Waals surface area (Å²) in [5.41, 5.74) is -0.589. The van der Waals surface area contributed by atoms with Gasteiger partial charge in [-0.05, 0) is 18.7 Å². The molecule has 21 heavy (non-hydrogen) atoms. The molecule has 0 radical (unpaired) electrons. The van der Waals surface area contributed by atoms with Gasteiger partial charge in [-0.1, -0.05) is 25.1 Å². The molecule has 1 atom stereocenters. The van der Waals surface area contributed by atoms with Crippen molar-refractivity contribution < 1.29 is 18.0 Å². The molecular formula is C14H20ClF3N2O. The Labute approximate surface area is 128 Å². The van der Waals surface area contributed by atoms with E-state index in [1.165, 1.54) is 24.1 Å². The summed E-state index contributed by atoms with van der Waals surface area (Å²) in [7, 11) is 3.24. The van der Waals surface area contributed by atoms with Gasteiger partial charge in [-0.3, -0.25) is 4.79 Å². The van der Waals surface area contributed by atoms with Gasteiger partial charge in [0.1, 0.15) is 0 Å². The first kappa shape index (κ1) is 19.7. The number of alkyl halides is 3. The molecule has 1 rings (SSSR count). The number of benzene rings is 1. The summed E-state index contributed by atoms with van der Waals surface area (Å²) in [6.45, 7) is 2.18. The monoisotopic (exact) mass is 324 g/mol. The Hall–Kier alpha value is -1.27. The summed E-state index contributed by atoms with van der Waals surface area (Å²) in [5.74, 6) is -0.459. The fraction of sp³-hybridized carbons (Fsp3) is 0.500. The maximum absolute atomic E-state index is 12.9. The summed E-state index contributed by atoms with van der Waals surface area (Å²) < 4.78 is 38.6. The molecule has 0 aliphatic carbocycles. The molecule has 0 aliphatic rings. The normalized spacial score (nSPS) is 12.5. The molecule has 3 nitrogen and oxygen atoms in total. The van der Waals surface area contributed by atoms with Gasteiger partial charge in [-0.25, -0.2) is 0 Å². The lowest BCUT2D eigenvalue weighted by Gasteiger charge is -2.23. The predicted octanol–water partition coefficient (Wildman–Crippen LogP) is 2.94. The van der Waals surface area contributed by atoms with E-state index in [-0.39, 0.29) is 36.3 Å². The Bertz CT molecular complexity index is 466. The Kier molecular flexibility index (Phi) is 7.74. The minimum Gasteiger partial charge on any atom is -0.341 e. The van der Waals surface area contributed by atoms with Crippen LogP contribution >= 0.6 is 12.4 Å². The van der Waals surface area contributed by atoms with Crippen LogP contribution in [-0.2, 0) is 17.5 Å². The molecule has 1 aromatic rings. The van der Waals surface area contributed by atoms with Gasteiger partial charge in [0.05, 0.1) is 5.56 Å². The van der Waals surface area contributed by atoms with Crippen molar-refractivity contribution in [3.8, 4) is 0 Å². The van der Waals surface area contributed by atoms with E-state index in [1.807, 2.05) is 0 Å². The molecule has 7 heteroatoms. The number of hydrogen-bond acceptors (Lipinski definition) is 2. The minimum atomic E-state index is -4.41. The van der Waals surface area contributed by atoms with Crippen LogP contribution in [0.3, 0.4) is 0 Å². The van der Waals surface area contributed by atoms with Crippen LogP contribution in [0.1, 0.15) is 18.1 Å². The van der Waals surface area contributed by atoms with Gasteiger partial charge in [-0.2, -0.15) is 13.2 Å². The summed E-state index contributed by atoms with van der Waals surface area (Å²) in [4.78, 5) is 13.3. The lowest BCUT2D eigenvalue weighted by Crippen LogP contribution is -2.36. The molecule has 1 N–H and O–H groups in total. The smallest absolute Gasteiger partial charge is 0.341 e. The first-order valence-electron chi connectivity index (χ1n) is 6.32. The van der Waals surface area contributed by atoms with Crippen LogP contribution in [0.15, 0.2) is 24.3 Å². The van der Waals surface area contributed by atoms with Crippen LogP contribution < -0.4 is 5.32 Å². The van der Waals surface area contributed by atoms with E-state index in [0.29, 0.717) is 6.54 Å². The summed E-state index contributed by atoms with van der Waals surface area (Å²) in [6, 6.07) is 5.32. The third-order valence-electron chi connectivity index (χ3n) is 3.04. The molecule has 120 valence electrons. The number of nitrogens with one attached hydrogen (secondary N) is 1. The van der Waals surface area contributed by atoms with E-state index >= 15 is 0 Å². The lowest BCUT2D eigenvalue weighted by molar-refractivity contribution is -0.140. The van der Waals surface area contributed by atoms with E-state index in [0.717, 1.165) is 6.07 Å². The van der Waals surface area contributed by atoms with E-state index in [2.05, 4.69) is 5.32 Å². The molecule has 0 spiro atoms.